The predicted molar refractivity (Wildman–Crippen MR) is 75.7 cm³/mol. The molecule has 0 bridgehead atoms. The molecular weight excluding hydrogens is 245 g/mol. The second kappa shape index (κ2) is 8.75. The zero-order chi connectivity index (χ0) is 14.1. The highest BCUT2D eigenvalue weighted by Crippen LogP contribution is 2.26. The van der Waals surface area contributed by atoms with Crippen molar-refractivity contribution in [2.45, 2.75) is 39.2 Å². The summed E-state index contributed by atoms with van der Waals surface area (Å²) in [5.41, 5.74) is 6.97. The fourth-order valence-electron chi connectivity index (χ4n) is 1.72. The van der Waals surface area contributed by atoms with Gasteiger partial charge in [0.25, 0.3) is 0 Å². The van der Waals surface area contributed by atoms with Gasteiger partial charge in [0.2, 0.25) is 0 Å². The standard InChI is InChI=1S/C15H24FNO2/c1-3-8-18-14-6-5-12(10-13(17)4-2)15(11-14)19-9-7-16/h5-6,11,13H,3-4,7-10,17H2,1-2H3. The molecule has 0 amide bonds. The van der Waals surface area contributed by atoms with Crippen LogP contribution in [0.4, 0.5) is 4.39 Å². The van der Waals surface area contributed by atoms with Crippen LogP contribution in [0.1, 0.15) is 32.3 Å². The fraction of sp³-hybridized carbons (Fsp3) is 0.600. The number of alkyl halides is 1. The Hall–Kier alpha value is -1.29. The first-order chi connectivity index (χ1) is 9.21. The molecule has 0 saturated heterocycles. The van der Waals surface area contributed by atoms with E-state index in [1.54, 1.807) is 0 Å². The Balaban J connectivity index is 2.82. The quantitative estimate of drug-likeness (QED) is 0.749. The van der Waals surface area contributed by atoms with Crippen molar-refractivity contribution < 1.29 is 13.9 Å². The van der Waals surface area contributed by atoms with Gasteiger partial charge in [-0.3, -0.25) is 0 Å². The number of halogens is 1. The van der Waals surface area contributed by atoms with Gasteiger partial charge in [0.05, 0.1) is 6.61 Å². The smallest absolute Gasteiger partial charge is 0.126 e. The molecule has 1 atom stereocenters. The van der Waals surface area contributed by atoms with Crippen molar-refractivity contribution in [1.29, 1.82) is 0 Å². The predicted octanol–water partition coefficient (Wildman–Crippen LogP) is 3.10. The van der Waals surface area contributed by atoms with E-state index in [-0.39, 0.29) is 12.6 Å². The van der Waals surface area contributed by atoms with Crippen molar-refractivity contribution in [1.82, 2.24) is 0 Å². The van der Waals surface area contributed by atoms with E-state index in [1.165, 1.54) is 0 Å². The number of ether oxygens (including phenoxy) is 2. The Kier molecular flexibility index (Phi) is 7.26. The van der Waals surface area contributed by atoms with Crippen LogP contribution in [0.25, 0.3) is 0 Å². The molecule has 1 aromatic carbocycles. The first-order valence-corrected chi connectivity index (χ1v) is 6.91. The molecule has 0 aliphatic heterocycles. The largest absolute Gasteiger partial charge is 0.493 e. The molecule has 108 valence electrons. The molecule has 0 aromatic heterocycles. The summed E-state index contributed by atoms with van der Waals surface area (Å²) in [6.07, 6.45) is 2.58. The summed E-state index contributed by atoms with van der Waals surface area (Å²) in [5.74, 6) is 1.43. The Morgan fingerprint density at radius 3 is 2.63 bits per heavy atom. The Morgan fingerprint density at radius 1 is 1.21 bits per heavy atom. The molecule has 1 aromatic rings. The lowest BCUT2D eigenvalue weighted by molar-refractivity contribution is 0.267. The molecule has 0 saturated carbocycles. The van der Waals surface area contributed by atoms with E-state index in [1.807, 2.05) is 25.1 Å². The first kappa shape index (κ1) is 15.8. The topological polar surface area (TPSA) is 44.5 Å². The van der Waals surface area contributed by atoms with Crippen molar-refractivity contribution in [3.8, 4) is 11.5 Å². The Bertz CT molecular complexity index is 371. The zero-order valence-corrected chi connectivity index (χ0v) is 11.8. The van der Waals surface area contributed by atoms with Gasteiger partial charge in [0.1, 0.15) is 24.8 Å². The molecule has 3 nitrogen and oxygen atoms in total. The highest BCUT2D eigenvalue weighted by molar-refractivity contribution is 5.41. The van der Waals surface area contributed by atoms with Crippen LogP contribution in [0.2, 0.25) is 0 Å². The molecule has 0 spiro atoms. The van der Waals surface area contributed by atoms with Crippen LogP contribution in [0.3, 0.4) is 0 Å². The monoisotopic (exact) mass is 269 g/mol. The maximum Gasteiger partial charge on any atom is 0.126 e. The highest BCUT2D eigenvalue weighted by atomic mass is 19.1. The van der Waals surface area contributed by atoms with Gasteiger partial charge in [-0.15, -0.1) is 0 Å². The average Bonchev–Trinajstić information content (AvgIpc) is 2.44. The average molecular weight is 269 g/mol. The van der Waals surface area contributed by atoms with Gasteiger partial charge in [-0.25, -0.2) is 4.39 Å². The van der Waals surface area contributed by atoms with Crippen LogP contribution in [-0.2, 0) is 6.42 Å². The third-order valence-electron chi connectivity index (χ3n) is 2.85. The minimum absolute atomic E-state index is 0.0611. The maximum absolute atomic E-state index is 12.3. The molecule has 0 aliphatic rings. The number of nitrogens with two attached hydrogens (primary N) is 1. The molecule has 0 radical (unpaired) electrons. The van der Waals surface area contributed by atoms with E-state index in [0.717, 1.165) is 30.6 Å². The van der Waals surface area contributed by atoms with Gasteiger partial charge in [0.15, 0.2) is 0 Å². The molecule has 19 heavy (non-hydrogen) atoms. The van der Waals surface area contributed by atoms with Gasteiger partial charge in [-0.1, -0.05) is 19.9 Å². The second-order valence-corrected chi connectivity index (χ2v) is 4.53. The normalized spacial score (nSPS) is 12.2. The van der Waals surface area contributed by atoms with Crippen LogP contribution in [0.15, 0.2) is 18.2 Å². The lowest BCUT2D eigenvalue weighted by Gasteiger charge is -2.15. The van der Waals surface area contributed by atoms with Crippen LogP contribution >= 0.6 is 0 Å². The molecule has 0 fully saturated rings. The molecule has 2 N–H and O–H groups in total. The number of rotatable bonds is 9. The number of hydrogen-bond donors (Lipinski definition) is 1. The molecular formula is C15H24FNO2. The van der Waals surface area contributed by atoms with Crippen molar-refractivity contribution in [3.05, 3.63) is 23.8 Å². The minimum atomic E-state index is -0.501. The van der Waals surface area contributed by atoms with Gasteiger partial charge in [-0.2, -0.15) is 0 Å². The van der Waals surface area contributed by atoms with E-state index < -0.39 is 6.67 Å². The van der Waals surface area contributed by atoms with Crippen LogP contribution in [0.5, 0.6) is 11.5 Å². The third-order valence-corrected chi connectivity index (χ3v) is 2.85. The summed E-state index contributed by atoms with van der Waals surface area (Å²) < 4.78 is 23.3. The third kappa shape index (κ3) is 5.47. The lowest BCUT2D eigenvalue weighted by Crippen LogP contribution is -2.21. The van der Waals surface area contributed by atoms with Crippen molar-refractivity contribution in [3.63, 3.8) is 0 Å². The minimum Gasteiger partial charge on any atom is -0.493 e. The van der Waals surface area contributed by atoms with Crippen LogP contribution < -0.4 is 15.2 Å². The summed E-state index contributed by atoms with van der Waals surface area (Å²) in [6.45, 7) is 4.32. The number of benzene rings is 1. The van der Waals surface area contributed by atoms with E-state index in [4.69, 9.17) is 15.2 Å². The second-order valence-electron chi connectivity index (χ2n) is 4.53. The highest BCUT2D eigenvalue weighted by Gasteiger charge is 2.10. The van der Waals surface area contributed by atoms with Gasteiger partial charge < -0.3 is 15.2 Å². The maximum atomic E-state index is 12.3. The molecule has 4 heteroatoms. The summed E-state index contributed by atoms with van der Waals surface area (Å²) >= 11 is 0. The van der Waals surface area contributed by atoms with E-state index in [9.17, 15) is 4.39 Å². The van der Waals surface area contributed by atoms with Crippen LogP contribution in [0, 0.1) is 0 Å². The van der Waals surface area contributed by atoms with Gasteiger partial charge in [0, 0.05) is 12.1 Å². The van der Waals surface area contributed by atoms with Gasteiger partial charge >= 0.3 is 0 Å². The molecule has 0 aliphatic carbocycles. The molecule has 1 rings (SSSR count). The number of hydrogen-bond acceptors (Lipinski definition) is 3. The van der Waals surface area contributed by atoms with E-state index in [2.05, 4.69) is 6.92 Å². The lowest BCUT2D eigenvalue weighted by atomic mass is 10.0. The molecule has 1 unspecified atom stereocenters. The summed E-state index contributed by atoms with van der Waals surface area (Å²) in [7, 11) is 0. The summed E-state index contributed by atoms with van der Waals surface area (Å²) in [5, 5.41) is 0. The van der Waals surface area contributed by atoms with Crippen molar-refractivity contribution >= 4 is 0 Å². The first-order valence-electron chi connectivity index (χ1n) is 6.91. The van der Waals surface area contributed by atoms with Crippen molar-refractivity contribution in [2.24, 2.45) is 5.73 Å². The summed E-state index contributed by atoms with van der Waals surface area (Å²) in [6, 6.07) is 5.78. The van der Waals surface area contributed by atoms with Gasteiger partial charge in [-0.05, 0) is 30.9 Å². The van der Waals surface area contributed by atoms with E-state index in [0.29, 0.717) is 12.4 Å². The van der Waals surface area contributed by atoms with E-state index >= 15 is 0 Å². The van der Waals surface area contributed by atoms with Crippen molar-refractivity contribution in [2.75, 3.05) is 19.9 Å². The fourth-order valence-corrected chi connectivity index (χ4v) is 1.72. The molecule has 0 heterocycles. The van der Waals surface area contributed by atoms with Crippen LogP contribution in [-0.4, -0.2) is 25.9 Å². The zero-order valence-electron chi connectivity index (χ0n) is 11.8. The Morgan fingerprint density at radius 2 is 2.00 bits per heavy atom. The Labute approximate surface area is 114 Å². The summed E-state index contributed by atoms with van der Waals surface area (Å²) in [4.78, 5) is 0. The SMILES string of the molecule is CCCOc1ccc(CC(N)CC)c(OCCF)c1.